The van der Waals surface area contributed by atoms with E-state index in [9.17, 15) is 14.9 Å². The number of nitrogens with zero attached hydrogens (tertiary/aromatic N) is 2. The third-order valence-corrected chi connectivity index (χ3v) is 4.63. The largest absolute Gasteiger partial charge is 0.492 e. The quantitative estimate of drug-likeness (QED) is 0.362. The minimum Gasteiger partial charge on any atom is -0.492 e. The second kappa shape index (κ2) is 9.25. The molecular formula is C20H21N3O8. The van der Waals surface area contributed by atoms with Crippen molar-refractivity contribution in [2.45, 2.75) is 25.9 Å². The lowest BCUT2D eigenvalue weighted by Crippen LogP contribution is -2.20. The molecular weight excluding hydrogens is 410 g/mol. The van der Waals surface area contributed by atoms with E-state index >= 15 is 0 Å². The first-order chi connectivity index (χ1) is 14.9. The van der Waals surface area contributed by atoms with Gasteiger partial charge in [-0.2, -0.15) is 5.26 Å². The Morgan fingerprint density at radius 3 is 2.52 bits per heavy atom. The molecule has 0 saturated heterocycles. The van der Waals surface area contributed by atoms with Crippen molar-refractivity contribution in [1.82, 2.24) is 0 Å². The van der Waals surface area contributed by atoms with Crippen LogP contribution < -0.4 is 24.7 Å². The summed E-state index contributed by atoms with van der Waals surface area (Å²) >= 11 is 0. The molecule has 0 spiro atoms. The third kappa shape index (κ3) is 4.18. The number of rotatable bonds is 8. The molecule has 2 aliphatic heterocycles. The van der Waals surface area contributed by atoms with Crippen LogP contribution in [0.25, 0.3) is 6.08 Å². The van der Waals surface area contributed by atoms with Crippen molar-refractivity contribution in [1.29, 1.82) is 5.26 Å². The summed E-state index contributed by atoms with van der Waals surface area (Å²) in [6.07, 6.45) is 1.14. The van der Waals surface area contributed by atoms with Crippen LogP contribution in [0.4, 0.5) is 0 Å². The molecule has 1 unspecified atom stereocenters. The summed E-state index contributed by atoms with van der Waals surface area (Å²) in [7, 11) is 2.85. The van der Waals surface area contributed by atoms with Crippen LogP contribution in [0.2, 0.25) is 0 Å². The molecule has 0 aliphatic carbocycles. The van der Waals surface area contributed by atoms with E-state index < -0.39 is 18.0 Å². The van der Waals surface area contributed by atoms with Crippen molar-refractivity contribution in [3.63, 3.8) is 0 Å². The number of ether oxygens (including phenoxy) is 5. The Kier molecular flexibility index (Phi) is 6.49. The number of primary amides is 1. The van der Waals surface area contributed by atoms with Crippen molar-refractivity contribution >= 4 is 23.7 Å². The summed E-state index contributed by atoms with van der Waals surface area (Å²) in [6, 6.07) is 1.77. The topological polar surface area (TPSA) is 152 Å². The molecule has 0 radical (unpaired) electrons. The number of nitriles is 1. The number of amides is 1. The number of hydrogen-bond donors (Lipinski definition) is 1. The number of carbonyl (C=O) groups excluding carboxylic acids is 2. The number of fused-ring (bicyclic) bond motifs is 1. The van der Waals surface area contributed by atoms with Gasteiger partial charge in [0.2, 0.25) is 18.3 Å². The van der Waals surface area contributed by atoms with Crippen LogP contribution in [0.5, 0.6) is 23.0 Å². The highest BCUT2D eigenvalue weighted by molar-refractivity contribution is 6.36. The van der Waals surface area contributed by atoms with Crippen LogP contribution in [0.15, 0.2) is 10.7 Å². The van der Waals surface area contributed by atoms with Crippen LogP contribution >= 0.6 is 0 Å². The zero-order valence-corrected chi connectivity index (χ0v) is 17.2. The Bertz CT molecular complexity index is 1010. The Morgan fingerprint density at radius 1 is 1.26 bits per heavy atom. The Morgan fingerprint density at radius 2 is 1.94 bits per heavy atom. The van der Waals surface area contributed by atoms with Gasteiger partial charge in [-0.1, -0.05) is 5.16 Å². The van der Waals surface area contributed by atoms with E-state index in [1.165, 1.54) is 20.3 Å². The van der Waals surface area contributed by atoms with Gasteiger partial charge < -0.3 is 34.3 Å². The maximum atomic E-state index is 11.9. The highest BCUT2D eigenvalue weighted by Gasteiger charge is 2.35. The molecule has 3 rings (SSSR count). The number of esters is 1. The monoisotopic (exact) mass is 431 g/mol. The minimum absolute atomic E-state index is 0.0639. The first kappa shape index (κ1) is 21.8. The van der Waals surface area contributed by atoms with Gasteiger partial charge in [0.15, 0.2) is 17.2 Å². The molecule has 1 amide bonds. The van der Waals surface area contributed by atoms with Crippen molar-refractivity contribution in [3.8, 4) is 29.1 Å². The zero-order valence-electron chi connectivity index (χ0n) is 17.2. The standard InChI is InChI=1S/C20H21N3O8/c1-4-28-20(25)14-7-11(31-23-14)6-13-12(5-10(8-21)19(22)24)15(26-2)17-18(16(13)27-3)30-9-29-17/h5,11H,4,6-7,9H2,1-3H3,(H2,22,24)/b10-5+. The van der Waals surface area contributed by atoms with Gasteiger partial charge in [0, 0.05) is 24.0 Å². The molecule has 11 nitrogen and oxygen atoms in total. The molecule has 2 N–H and O–H groups in total. The van der Waals surface area contributed by atoms with E-state index in [4.69, 9.17) is 34.3 Å². The summed E-state index contributed by atoms with van der Waals surface area (Å²) < 4.78 is 27.1. The molecule has 1 atom stereocenters. The van der Waals surface area contributed by atoms with Gasteiger partial charge in [0.25, 0.3) is 5.91 Å². The zero-order chi connectivity index (χ0) is 22.5. The second-order valence-corrected chi connectivity index (χ2v) is 6.45. The highest BCUT2D eigenvalue weighted by Crippen LogP contribution is 2.53. The van der Waals surface area contributed by atoms with Crippen molar-refractivity contribution in [3.05, 3.63) is 16.7 Å². The number of nitrogens with two attached hydrogens (primary N) is 1. The number of hydrogen-bond acceptors (Lipinski definition) is 10. The van der Waals surface area contributed by atoms with Gasteiger partial charge in [-0.05, 0) is 13.0 Å². The van der Waals surface area contributed by atoms with Crippen molar-refractivity contribution in [2.75, 3.05) is 27.6 Å². The third-order valence-electron chi connectivity index (χ3n) is 4.63. The Hall–Kier alpha value is -3.94. The number of methoxy groups -OCH3 is 2. The van der Waals surface area contributed by atoms with Crippen molar-refractivity contribution < 1.29 is 38.1 Å². The molecule has 1 aromatic carbocycles. The average molecular weight is 431 g/mol. The molecule has 0 bridgehead atoms. The fourth-order valence-corrected chi connectivity index (χ4v) is 3.31. The van der Waals surface area contributed by atoms with Gasteiger partial charge in [-0.15, -0.1) is 0 Å². The molecule has 2 aliphatic rings. The maximum absolute atomic E-state index is 11.9. The van der Waals surface area contributed by atoms with Crippen LogP contribution in [-0.2, 0) is 25.6 Å². The lowest BCUT2D eigenvalue weighted by atomic mass is 9.94. The maximum Gasteiger partial charge on any atom is 0.356 e. The number of oxime groups is 1. The first-order valence-electron chi connectivity index (χ1n) is 9.32. The normalized spacial score (nSPS) is 16.8. The van der Waals surface area contributed by atoms with E-state index in [1.807, 2.05) is 0 Å². The van der Waals surface area contributed by atoms with E-state index in [-0.39, 0.29) is 49.0 Å². The van der Waals surface area contributed by atoms with Crippen LogP contribution in [0, 0.1) is 11.3 Å². The number of benzene rings is 1. The molecule has 1 aromatic rings. The Balaban J connectivity index is 2.07. The lowest BCUT2D eigenvalue weighted by Gasteiger charge is -2.19. The summed E-state index contributed by atoms with van der Waals surface area (Å²) in [5, 5.41) is 13.1. The van der Waals surface area contributed by atoms with Crippen molar-refractivity contribution in [2.24, 2.45) is 10.9 Å². The molecule has 31 heavy (non-hydrogen) atoms. The smallest absolute Gasteiger partial charge is 0.356 e. The van der Waals surface area contributed by atoms with Gasteiger partial charge in [0.1, 0.15) is 17.7 Å². The fraction of sp³-hybridized carbons (Fsp3) is 0.400. The molecule has 0 aromatic heterocycles. The van der Waals surface area contributed by atoms with E-state index in [0.29, 0.717) is 22.6 Å². The molecule has 2 heterocycles. The minimum atomic E-state index is -0.905. The summed E-state index contributed by atoms with van der Waals surface area (Å²) in [5.74, 6) is -0.324. The number of carbonyl (C=O) groups is 2. The predicted molar refractivity (Wildman–Crippen MR) is 106 cm³/mol. The van der Waals surface area contributed by atoms with Crippen LogP contribution in [0.3, 0.4) is 0 Å². The molecule has 0 saturated carbocycles. The average Bonchev–Trinajstić information content (AvgIpc) is 3.41. The van der Waals surface area contributed by atoms with Gasteiger partial charge in [-0.3, -0.25) is 4.79 Å². The lowest BCUT2D eigenvalue weighted by molar-refractivity contribution is -0.135. The summed E-state index contributed by atoms with van der Waals surface area (Å²) in [4.78, 5) is 29.0. The second-order valence-electron chi connectivity index (χ2n) is 6.45. The van der Waals surface area contributed by atoms with E-state index in [2.05, 4.69) is 5.16 Å². The summed E-state index contributed by atoms with van der Waals surface area (Å²) in [6.45, 7) is 1.85. The van der Waals surface area contributed by atoms with Crippen LogP contribution in [0.1, 0.15) is 24.5 Å². The predicted octanol–water partition coefficient (Wildman–Crippen LogP) is 1.08. The fourth-order valence-electron chi connectivity index (χ4n) is 3.31. The molecule has 164 valence electrons. The SMILES string of the molecule is CCOC(=O)C1=NOC(Cc2c(/C=C(\C#N)C(N)=O)c(OC)c3c(c2OC)OCO3)C1. The van der Waals surface area contributed by atoms with Gasteiger partial charge in [0.05, 0.1) is 20.8 Å². The first-order valence-corrected chi connectivity index (χ1v) is 9.32. The summed E-state index contributed by atoms with van der Waals surface area (Å²) in [5.41, 5.74) is 6.02. The van der Waals surface area contributed by atoms with Gasteiger partial charge >= 0.3 is 5.97 Å². The highest BCUT2D eigenvalue weighted by atomic mass is 16.7. The molecule has 11 heteroatoms. The molecule has 0 fully saturated rings. The Labute approximate surface area is 177 Å². The van der Waals surface area contributed by atoms with E-state index in [1.54, 1.807) is 13.0 Å². The van der Waals surface area contributed by atoms with Crippen LogP contribution in [-0.4, -0.2) is 51.3 Å². The van der Waals surface area contributed by atoms with E-state index in [0.717, 1.165) is 0 Å². The van der Waals surface area contributed by atoms with Gasteiger partial charge in [-0.25, -0.2) is 4.79 Å².